The van der Waals surface area contributed by atoms with Crippen LogP contribution in [0, 0.1) is 20.8 Å². The number of hydrogen-bond acceptors (Lipinski definition) is 3. The Bertz CT molecular complexity index is 1130. The molecular weight excluding hydrogens is 396 g/mol. The highest BCUT2D eigenvalue weighted by molar-refractivity contribution is 7.89. The zero-order valence-corrected chi connectivity index (χ0v) is 18.2. The Balaban J connectivity index is 1.70. The molecule has 0 fully saturated rings. The summed E-state index contributed by atoms with van der Waals surface area (Å²) in [5.74, 6) is -0.415. The van der Waals surface area contributed by atoms with Crippen LogP contribution in [0.3, 0.4) is 0 Å². The molecule has 0 unspecified atom stereocenters. The molecule has 1 amide bonds. The van der Waals surface area contributed by atoms with Crippen molar-refractivity contribution in [2.45, 2.75) is 32.1 Å². The highest BCUT2D eigenvalue weighted by atomic mass is 32.2. The number of aryl methyl sites for hydroxylation is 3. The first kappa shape index (κ1) is 21.7. The summed E-state index contributed by atoms with van der Waals surface area (Å²) >= 11 is 0. The summed E-state index contributed by atoms with van der Waals surface area (Å²) in [4.78, 5) is 12.7. The van der Waals surface area contributed by atoms with Crippen molar-refractivity contribution in [3.63, 3.8) is 0 Å². The van der Waals surface area contributed by atoms with Crippen molar-refractivity contribution in [3.8, 4) is 0 Å². The molecule has 6 heteroatoms. The van der Waals surface area contributed by atoms with E-state index in [0.29, 0.717) is 23.2 Å². The van der Waals surface area contributed by atoms with E-state index >= 15 is 0 Å². The Morgan fingerprint density at radius 3 is 2.13 bits per heavy atom. The van der Waals surface area contributed by atoms with Crippen LogP contribution < -0.4 is 10.0 Å². The SMILES string of the molecule is Cc1cc(C)c(S(=O)(=O)NCC(=O)Nc2ccccc2Cc2ccccc2)c(C)c1. The van der Waals surface area contributed by atoms with Crippen LogP contribution in [-0.4, -0.2) is 20.9 Å². The van der Waals surface area contributed by atoms with Gasteiger partial charge in [0.05, 0.1) is 11.4 Å². The number of carbonyl (C=O) groups is 1. The van der Waals surface area contributed by atoms with E-state index in [0.717, 1.165) is 16.7 Å². The lowest BCUT2D eigenvalue weighted by Crippen LogP contribution is -2.33. The molecule has 0 heterocycles. The number of rotatable bonds is 7. The first-order valence-corrected chi connectivity index (χ1v) is 11.2. The first-order chi connectivity index (χ1) is 14.3. The highest BCUT2D eigenvalue weighted by Crippen LogP contribution is 2.22. The normalized spacial score (nSPS) is 11.3. The van der Waals surface area contributed by atoms with Crippen LogP contribution in [0.5, 0.6) is 0 Å². The van der Waals surface area contributed by atoms with Crippen molar-refractivity contribution >= 4 is 21.6 Å². The van der Waals surface area contributed by atoms with Crippen LogP contribution >= 0.6 is 0 Å². The van der Waals surface area contributed by atoms with Crippen LogP contribution in [0.25, 0.3) is 0 Å². The van der Waals surface area contributed by atoms with Gasteiger partial charge in [-0.05, 0) is 55.5 Å². The van der Waals surface area contributed by atoms with Crippen molar-refractivity contribution in [1.82, 2.24) is 4.72 Å². The smallest absolute Gasteiger partial charge is 0.241 e. The predicted octanol–water partition coefficient (Wildman–Crippen LogP) is 4.12. The molecule has 0 radical (unpaired) electrons. The Morgan fingerprint density at radius 2 is 1.47 bits per heavy atom. The summed E-state index contributed by atoms with van der Waals surface area (Å²) in [6, 6.07) is 21.1. The van der Waals surface area contributed by atoms with Crippen molar-refractivity contribution in [3.05, 3.63) is 94.5 Å². The number of sulfonamides is 1. The second-order valence-electron chi connectivity index (χ2n) is 7.42. The van der Waals surface area contributed by atoms with E-state index in [2.05, 4.69) is 10.0 Å². The second kappa shape index (κ2) is 9.24. The van der Waals surface area contributed by atoms with E-state index in [1.54, 1.807) is 13.8 Å². The Hall–Kier alpha value is -2.96. The number of hydrogen-bond donors (Lipinski definition) is 2. The Morgan fingerprint density at radius 1 is 0.867 bits per heavy atom. The number of anilines is 1. The molecular formula is C24H26N2O3S. The van der Waals surface area contributed by atoms with Crippen molar-refractivity contribution in [2.24, 2.45) is 0 Å². The van der Waals surface area contributed by atoms with E-state index in [-0.39, 0.29) is 11.4 Å². The zero-order valence-electron chi connectivity index (χ0n) is 17.4. The minimum Gasteiger partial charge on any atom is -0.325 e. The average molecular weight is 423 g/mol. The third-order valence-electron chi connectivity index (χ3n) is 4.82. The van der Waals surface area contributed by atoms with Crippen LogP contribution in [0.2, 0.25) is 0 Å². The largest absolute Gasteiger partial charge is 0.325 e. The van der Waals surface area contributed by atoms with Crippen LogP contribution in [0.1, 0.15) is 27.8 Å². The maximum absolute atomic E-state index is 12.8. The number of benzene rings is 3. The molecule has 156 valence electrons. The maximum Gasteiger partial charge on any atom is 0.241 e. The summed E-state index contributed by atoms with van der Waals surface area (Å²) in [5, 5.41) is 2.83. The molecule has 0 aliphatic heterocycles. The molecule has 0 bridgehead atoms. The van der Waals surface area contributed by atoms with Gasteiger partial charge < -0.3 is 5.32 Å². The number of nitrogens with one attached hydrogen (secondary N) is 2. The van der Waals surface area contributed by atoms with E-state index in [4.69, 9.17) is 0 Å². The van der Waals surface area contributed by atoms with Gasteiger partial charge in [-0.2, -0.15) is 0 Å². The van der Waals surface area contributed by atoms with Gasteiger partial charge in [0.15, 0.2) is 0 Å². The topological polar surface area (TPSA) is 75.3 Å². The Kier molecular flexibility index (Phi) is 6.70. The van der Waals surface area contributed by atoms with E-state index in [9.17, 15) is 13.2 Å². The van der Waals surface area contributed by atoms with Crippen molar-refractivity contribution in [1.29, 1.82) is 0 Å². The van der Waals surface area contributed by atoms with Gasteiger partial charge in [0.25, 0.3) is 0 Å². The van der Waals surface area contributed by atoms with Crippen LogP contribution in [0.4, 0.5) is 5.69 Å². The molecule has 0 spiro atoms. The molecule has 30 heavy (non-hydrogen) atoms. The van der Waals surface area contributed by atoms with Crippen molar-refractivity contribution in [2.75, 3.05) is 11.9 Å². The third-order valence-corrected chi connectivity index (χ3v) is 6.53. The fourth-order valence-corrected chi connectivity index (χ4v) is 5.06. The first-order valence-electron chi connectivity index (χ1n) is 9.75. The average Bonchev–Trinajstić information content (AvgIpc) is 2.68. The number of amides is 1. The van der Waals surface area contributed by atoms with Crippen LogP contribution in [0.15, 0.2) is 71.6 Å². The summed E-state index contributed by atoms with van der Waals surface area (Å²) < 4.78 is 27.9. The van der Waals surface area contributed by atoms with Gasteiger partial charge in [0.1, 0.15) is 0 Å². The van der Waals surface area contributed by atoms with E-state index < -0.39 is 15.9 Å². The summed E-state index contributed by atoms with van der Waals surface area (Å²) in [6.07, 6.45) is 0.671. The van der Waals surface area contributed by atoms with Crippen molar-refractivity contribution < 1.29 is 13.2 Å². The standard InChI is InChI=1S/C24H26N2O3S/c1-17-13-18(2)24(19(3)14-17)30(28,29)25-16-23(27)26-22-12-8-7-11-21(22)15-20-9-5-4-6-10-20/h4-14,25H,15-16H2,1-3H3,(H,26,27). The van der Waals surface area contributed by atoms with Gasteiger partial charge in [0.2, 0.25) is 15.9 Å². The van der Waals surface area contributed by atoms with Crippen LogP contribution in [-0.2, 0) is 21.2 Å². The molecule has 5 nitrogen and oxygen atoms in total. The van der Waals surface area contributed by atoms with Gasteiger partial charge in [-0.1, -0.05) is 66.2 Å². The van der Waals surface area contributed by atoms with Gasteiger partial charge in [-0.15, -0.1) is 0 Å². The molecule has 3 aromatic rings. The minimum atomic E-state index is -3.80. The van der Waals surface area contributed by atoms with Gasteiger partial charge in [-0.25, -0.2) is 13.1 Å². The molecule has 0 atom stereocenters. The zero-order chi connectivity index (χ0) is 21.7. The number of carbonyl (C=O) groups excluding carboxylic acids is 1. The quantitative estimate of drug-likeness (QED) is 0.601. The second-order valence-corrected chi connectivity index (χ2v) is 9.12. The van der Waals surface area contributed by atoms with E-state index in [1.807, 2.05) is 73.7 Å². The molecule has 3 rings (SSSR count). The fraction of sp³-hybridized carbons (Fsp3) is 0.208. The lowest BCUT2D eigenvalue weighted by Gasteiger charge is -2.14. The highest BCUT2D eigenvalue weighted by Gasteiger charge is 2.21. The molecule has 0 saturated heterocycles. The number of para-hydroxylation sites is 1. The summed E-state index contributed by atoms with van der Waals surface area (Å²) in [6.45, 7) is 5.10. The molecule has 0 aliphatic rings. The molecule has 2 N–H and O–H groups in total. The molecule has 0 aliphatic carbocycles. The monoisotopic (exact) mass is 422 g/mol. The summed E-state index contributed by atoms with van der Waals surface area (Å²) in [7, 11) is -3.80. The third kappa shape index (κ3) is 5.34. The predicted molar refractivity (Wildman–Crippen MR) is 120 cm³/mol. The lowest BCUT2D eigenvalue weighted by atomic mass is 10.0. The van der Waals surface area contributed by atoms with Gasteiger partial charge in [-0.3, -0.25) is 4.79 Å². The fourth-order valence-electron chi connectivity index (χ4n) is 3.63. The maximum atomic E-state index is 12.8. The molecule has 0 aromatic heterocycles. The Labute approximate surface area is 178 Å². The van der Waals surface area contributed by atoms with Gasteiger partial charge >= 0.3 is 0 Å². The van der Waals surface area contributed by atoms with E-state index in [1.165, 1.54) is 0 Å². The molecule has 3 aromatic carbocycles. The molecule has 0 saturated carbocycles. The lowest BCUT2D eigenvalue weighted by molar-refractivity contribution is -0.115. The minimum absolute atomic E-state index is 0.227. The summed E-state index contributed by atoms with van der Waals surface area (Å²) in [5.41, 5.74) is 5.09. The van der Waals surface area contributed by atoms with Gasteiger partial charge in [0, 0.05) is 5.69 Å².